The summed E-state index contributed by atoms with van der Waals surface area (Å²) in [5.41, 5.74) is 4.00. The Morgan fingerprint density at radius 1 is 1.23 bits per heavy atom. The molecule has 0 saturated carbocycles. The molecule has 2 heterocycles. The average Bonchev–Trinajstić information content (AvgIpc) is 3.14. The van der Waals surface area contributed by atoms with Gasteiger partial charge >= 0.3 is 0 Å². The molecule has 1 aliphatic rings. The summed E-state index contributed by atoms with van der Waals surface area (Å²) in [4.78, 5) is 11.5. The van der Waals surface area contributed by atoms with Gasteiger partial charge in [0.1, 0.15) is 29.8 Å². The van der Waals surface area contributed by atoms with Crippen molar-refractivity contribution in [2.75, 3.05) is 18.5 Å². The number of amides is 1. The number of furan rings is 1. The van der Waals surface area contributed by atoms with Crippen molar-refractivity contribution in [1.29, 1.82) is 0 Å². The zero-order valence-electron chi connectivity index (χ0n) is 17.4. The number of rotatable bonds is 8. The number of carbonyl (C=O) groups excluding carboxylic acids is 1. The number of nitrogens with one attached hydrogen (secondary N) is 2. The molecule has 4 rings (SSSR count). The molecule has 2 atom stereocenters. The summed E-state index contributed by atoms with van der Waals surface area (Å²) in [7, 11) is 0. The van der Waals surface area contributed by atoms with Gasteiger partial charge in [0.25, 0.3) is 0 Å². The predicted molar refractivity (Wildman–Crippen MR) is 117 cm³/mol. The second kappa shape index (κ2) is 8.90. The van der Waals surface area contributed by atoms with E-state index in [0.717, 1.165) is 34.4 Å². The molecule has 3 aromatic rings. The van der Waals surface area contributed by atoms with E-state index < -0.39 is 6.10 Å². The summed E-state index contributed by atoms with van der Waals surface area (Å²) in [6, 6.07) is 13.6. The molecular weight excluding hydrogens is 380 g/mol. The maximum atomic E-state index is 11.5. The van der Waals surface area contributed by atoms with Crippen molar-refractivity contribution < 1.29 is 19.1 Å². The molecule has 30 heavy (non-hydrogen) atoms. The van der Waals surface area contributed by atoms with Crippen LogP contribution in [0.15, 0.2) is 46.9 Å². The summed E-state index contributed by atoms with van der Waals surface area (Å²) >= 11 is 0. The van der Waals surface area contributed by atoms with Crippen LogP contribution in [-0.2, 0) is 17.6 Å². The lowest BCUT2D eigenvalue weighted by Crippen LogP contribution is -2.33. The smallest absolute Gasteiger partial charge is 0.224 e. The number of hydrogen-bond donors (Lipinski definition) is 3. The van der Waals surface area contributed by atoms with Crippen LogP contribution in [-0.4, -0.2) is 30.3 Å². The first-order valence-electron chi connectivity index (χ1n) is 10.5. The third-order valence-corrected chi connectivity index (χ3v) is 5.55. The van der Waals surface area contributed by atoms with Crippen LogP contribution in [0, 0.1) is 0 Å². The topological polar surface area (TPSA) is 83.7 Å². The van der Waals surface area contributed by atoms with Gasteiger partial charge in [-0.05, 0) is 49.6 Å². The molecule has 0 bridgehead atoms. The number of aryl methyl sites for hydroxylation is 2. The Morgan fingerprint density at radius 3 is 2.90 bits per heavy atom. The highest BCUT2D eigenvalue weighted by Gasteiger charge is 2.19. The fraction of sp³-hybridized carbons (Fsp3) is 0.375. The SMILES string of the molecule is CCc1c(C(C)NCC(O)COc2ccc3c(c2)CCC(=O)N3)oc2ccccc12. The minimum absolute atomic E-state index is 0.0191. The highest BCUT2D eigenvalue weighted by molar-refractivity contribution is 5.94. The summed E-state index contributed by atoms with van der Waals surface area (Å²) < 4.78 is 11.8. The van der Waals surface area contributed by atoms with Crippen molar-refractivity contribution in [3.63, 3.8) is 0 Å². The number of benzene rings is 2. The Hall–Kier alpha value is -2.83. The van der Waals surface area contributed by atoms with E-state index in [1.807, 2.05) is 43.3 Å². The van der Waals surface area contributed by atoms with Crippen molar-refractivity contribution in [3.05, 3.63) is 59.4 Å². The largest absolute Gasteiger partial charge is 0.491 e. The Kier molecular flexibility index (Phi) is 6.06. The molecule has 158 valence electrons. The maximum absolute atomic E-state index is 11.5. The van der Waals surface area contributed by atoms with Crippen LogP contribution in [0.4, 0.5) is 5.69 Å². The number of aliphatic hydroxyl groups is 1. The second-order valence-corrected chi connectivity index (χ2v) is 7.76. The lowest BCUT2D eigenvalue weighted by atomic mass is 10.0. The van der Waals surface area contributed by atoms with Crippen LogP contribution >= 0.6 is 0 Å². The molecule has 0 spiro atoms. The third kappa shape index (κ3) is 4.35. The molecule has 0 saturated heterocycles. The van der Waals surface area contributed by atoms with E-state index in [9.17, 15) is 9.90 Å². The first-order valence-corrected chi connectivity index (χ1v) is 10.5. The van der Waals surface area contributed by atoms with Crippen molar-refractivity contribution >= 4 is 22.6 Å². The Bertz CT molecular complexity index is 1040. The molecule has 2 unspecified atom stereocenters. The molecule has 6 nitrogen and oxygen atoms in total. The minimum atomic E-state index is -0.655. The summed E-state index contributed by atoms with van der Waals surface area (Å²) in [5, 5.41) is 17.7. The van der Waals surface area contributed by atoms with Crippen LogP contribution in [0.3, 0.4) is 0 Å². The molecule has 0 aliphatic carbocycles. The number of ether oxygens (including phenoxy) is 1. The molecule has 2 aromatic carbocycles. The van der Waals surface area contributed by atoms with Gasteiger partial charge < -0.3 is 24.9 Å². The van der Waals surface area contributed by atoms with Gasteiger partial charge in [-0.2, -0.15) is 0 Å². The Balaban J connectivity index is 1.32. The van der Waals surface area contributed by atoms with E-state index >= 15 is 0 Å². The highest BCUT2D eigenvalue weighted by atomic mass is 16.5. The lowest BCUT2D eigenvalue weighted by molar-refractivity contribution is -0.116. The van der Waals surface area contributed by atoms with E-state index in [1.165, 1.54) is 5.56 Å². The van der Waals surface area contributed by atoms with Crippen LogP contribution in [0.25, 0.3) is 11.0 Å². The molecule has 0 fully saturated rings. The van der Waals surface area contributed by atoms with Gasteiger partial charge in [0.2, 0.25) is 5.91 Å². The second-order valence-electron chi connectivity index (χ2n) is 7.76. The lowest BCUT2D eigenvalue weighted by Gasteiger charge is -2.19. The van der Waals surface area contributed by atoms with Crippen LogP contribution < -0.4 is 15.4 Å². The zero-order chi connectivity index (χ0) is 21.1. The predicted octanol–water partition coefficient (Wildman–Crippen LogP) is 3.97. The van der Waals surface area contributed by atoms with Gasteiger partial charge in [-0.3, -0.25) is 4.79 Å². The number of carbonyl (C=O) groups is 1. The van der Waals surface area contributed by atoms with Gasteiger partial charge in [-0.25, -0.2) is 0 Å². The number of aliphatic hydroxyl groups excluding tert-OH is 1. The van der Waals surface area contributed by atoms with E-state index in [1.54, 1.807) is 0 Å². The molecule has 0 radical (unpaired) electrons. The molecular formula is C24H28N2O4. The molecule has 1 amide bonds. The maximum Gasteiger partial charge on any atom is 0.224 e. The molecule has 1 aromatic heterocycles. The summed E-state index contributed by atoms with van der Waals surface area (Å²) in [6.45, 7) is 4.75. The standard InChI is InChI=1S/C24H28N2O4/c1-3-19-20-6-4-5-7-22(20)30-24(19)15(2)25-13-17(27)14-29-18-9-10-21-16(12-18)8-11-23(28)26-21/h4-7,9-10,12,15,17,25,27H,3,8,11,13-14H2,1-2H3,(H,26,28). The van der Waals surface area contributed by atoms with Gasteiger partial charge in [0, 0.05) is 29.6 Å². The van der Waals surface area contributed by atoms with E-state index in [4.69, 9.17) is 9.15 Å². The number of fused-ring (bicyclic) bond motifs is 2. The Labute approximate surface area is 176 Å². The normalized spacial score (nSPS) is 15.5. The number of anilines is 1. The summed E-state index contributed by atoms with van der Waals surface area (Å²) in [5.74, 6) is 1.66. The molecule has 3 N–H and O–H groups in total. The summed E-state index contributed by atoms with van der Waals surface area (Å²) in [6.07, 6.45) is 1.43. The minimum Gasteiger partial charge on any atom is -0.491 e. The van der Waals surface area contributed by atoms with Gasteiger partial charge in [-0.15, -0.1) is 0 Å². The number of hydrogen-bond acceptors (Lipinski definition) is 5. The quantitative estimate of drug-likeness (QED) is 0.525. The van der Waals surface area contributed by atoms with E-state index in [0.29, 0.717) is 25.1 Å². The first kappa shape index (κ1) is 20.4. The fourth-order valence-corrected chi connectivity index (χ4v) is 3.94. The van der Waals surface area contributed by atoms with Crippen molar-refractivity contribution in [2.45, 2.75) is 45.3 Å². The van der Waals surface area contributed by atoms with Crippen molar-refractivity contribution in [3.8, 4) is 5.75 Å². The average molecular weight is 408 g/mol. The highest BCUT2D eigenvalue weighted by Crippen LogP contribution is 2.30. The number of para-hydroxylation sites is 1. The van der Waals surface area contributed by atoms with Gasteiger partial charge in [0.05, 0.1) is 6.04 Å². The monoisotopic (exact) mass is 408 g/mol. The van der Waals surface area contributed by atoms with Crippen LogP contribution in [0.2, 0.25) is 0 Å². The van der Waals surface area contributed by atoms with Crippen LogP contribution in [0.5, 0.6) is 5.75 Å². The van der Waals surface area contributed by atoms with Gasteiger partial charge in [0.15, 0.2) is 0 Å². The van der Waals surface area contributed by atoms with E-state index in [-0.39, 0.29) is 18.6 Å². The molecule has 1 aliphatic heterocycles. The first-order chi connectivity index (χ1) is 14.5. The third-order valence-electron chi connectivity index (χ3n) is 5.55. The molecule has 6 heteroatoms. The van der Waals surface area contributed by atoms with Crippen molar-refractivity contribution in [2.24, 2.45) is 0 Å². The Morgan fingerprint density at radius 2 is 2.07 bits per heavy atom. The van der Waals surface area contributed by atoms with Crippen LogP contribution in [0.1, 0.15) is 43.2 Å². The van der Waals surface area contributed by atoms with E-state index in [2.05, 4.69) is 23.6 Å². The zero-order valence-corrected chi connectivity index (χ0v) is 17.4. The van der Waals surface area contributed by atoms with Crippen molar-refractivity contribution in [1.82, 2.24) is 5.32 Å². The fourth-order valence-electron chi connectivity index (χ4n) is 3.94. The van der Waals surface area contributed by atoms with Gasteiger partial charge in [-0.1, -0.05) is 25.1 Å².